The first kappa shape index (κ1) is 17.5. The van der Waals surface area contributed by atoms with Gasteiger partial charge in [0, 0.05) is 29.7 Å². The number of nitrogen functional groups attached to an aromatic ring is 1. The summed E-state index contributed by atoms with van der Waals surface area (Å²) in [7, 11) is 1.93. The fourth-order valence-corrected chi connectivity index (χ4v) is 2.97. The summed E-state index contributed by atoms with van der Waals surface area (Å²) in [5.41, 5.74) is 9.80. The lowest BCUT2D eigenvalue weighted by Gasteiger charge is -2.07. The molecule has 0 radical (unpaired) electrons. The van der Waals surface area contributed by atoms with Crippen molar-refractivity contribution in [1.82, 2.24) is 15.0 Å². The summed E-state index contributed by atoms with van der Waals surface area (Å²) in [6.07, 6.45) is 3.44. The van der Waals surface area contributed by atoms with Crippen LogP contribution < -0.4 is 11.2 Å². The first-order valence-corrected chi connectivity index (χ1v) is 8.21. The van der Waals surface area contributed by atoms with E-state index in [2.05, 4.69) is 15.5 Å². The molecule has 6 nitrogen and oxygen atoms in total. The molecule has 0 aliphatic carbocycles. The zero-order valence-electron chi connectivity index (χ0n) is 12.9. The molecule has 128 valence electrons. The van der Waals surface area contributed by atoms with Gasteiger partial charge in [-0.15, -0.1) is 0 Å². The Morgan fingerprint density at radius 1 is 1.28 bits per heavy atom. The van der Waals surface area contributed by atoms with E-state index in [-0.39, 0.29) is 26.6 Å². The maximum atomic E-state index is 12.2. The Bertz CT molecular complexity index is 1010. The van der Waals surface area contributed by atoms with Crippen LogP contribution >= 0.6 is 34.8 Å². The van der Waals surface area contributed by atoms with E-state index in [0.29, 0.717) is 0 Å². The van der Waals surface area contributed by atoms with Crippen LogP contribution in [0.15, 0.2) is 35.6 Å². The van der Waals surface area contributed by atoms with E-state index in [1.807, 2.05) is 42.1 Å². The van der Waals surface area contributed by atoms with E-state index in [0.717, 1.165) is 16.5 Å². The summed E-state index contributed by atoms with van der Waals surface area (Å²) >= 11 is 17.7. The molecule has 2 aromatic heterocycles. The normalized spacial score (nSPS) is 11.4. The third-order valence-electron chi connectivity index (χ3n) is 3.58. The van der Waals surface area contributed by atoms with Crippen LogP contribution in [0.5, 0.6) is 0 Å². The number of nitrogens with two attached hydrogens (primary N) is 1. The third-order valence-corrected chi connectivity index (χ3v) is 4.72. The quantitative estimate of drug-likeness (QED) is 0.400. The number of hydrogen-bond acceptors (Lipinski definition) is 4. The first-order chi connectivity index (χ1) is 11.9. The van der Waals surface area contributed by atoms with Gasteiger partial charge in [0.1, 0.15) is 5.02 Å². The van der Waals surface area contributed by atoms with Gasteiger partial charge in [-0.1, -0.05) is 53.0 Å². The van der Waals surface area contributed by atoms with Crippen molar-refractivity contribution in [2.45, 2.75) is 0 Å². The minimum atomic E-state index is -0.647. The lowest BCUT2D eigenvalue weighted by molar-refractivity contribution is 0.0950. The lowest BCUT2D eigenvalue weighted by atomic mass is 10.2. The van der Waals surface area contributed by atoms with Crippen LogP contribution in [0.3, 0.4) is 0 Å². The van der Waals surface area contributed by atoms with Gasteiger partial charge in [0.25, 0.3) is 5.91 Å². The van der Waals surface area contributed by atoms with Crippen molar-refractivity contribution < 1.29 is 4.79 Å². The highest BCUT2D eigenvalue weighted by molar-refractivity contribution is 6.46. The smallest absolute Gasteiger partial charge is 0.291 e. The predicted octanol–water partition coefficient (Wildman–Crippen LogP) is 3.88. The number of anilines is 1. The summed E-state index contributed by atoms with van der Waals surface area (Å²) in [5, 5.41) is 4.78. The second-order valence-corrected chi connectivity index (χ2v) is 6.32. The van der Waals surface area contributed by atoms with Crippen molar-refractivity contribution in [3.8, 4) is 0 Å². The fraction of sp³-hybridized carbons (Fsp3) is 0.0625. The maximum Gasteiger partial charge on any atom is 0.291 e. The number of rotatable bonds is 3. The minimum absolute atomic E-state index is 0.00229. The second-order valence-electron chi connectivity index (χ2n) is 5.20. The molecule has 0 fully saturated rings. The monoisotopic (exact) mass is 395 g/mol. The predicted molar refractivity (Wildman–Crippen MR) is 102 cm³/mol. The summed E-state index contributed by atoms with van der Waals surface area (Å²) in [5.74, 6) is -0.647. The number of hydrazone groups is 1. The Morgan fingerprint density at radius 3 is 2.76 bits per heavy atom. The number of nitrogens with zero attached hydrogens (tertiary/aromatic N) is 3. The average molecular weight is 397 g/mol. The molecular weight excluding hydrogens is 385 g/mol. The highest BCUT2D eigenvalue weighted by Crippen LogP contribution is 2.34. The topological polar surface area (TPSA) is 85.3 Å². The minimum Gasteiger partial charge on any atom is -0.396 e. The Morgan fingerprint density at radius 2 is 2.00 bits per heavy atom. The molecule has 0 aliphatic rings. The molecule has 0 saturated carbocycles. The van der Waals surface area contributed by atoms with Crippen LogP contribution in [0.25, 0.3) is 10.9 Å². The van der Waals surface area contributed by atoms with Crippen molar-refractivity contribution in [2.75, 3.05) is 5.73 Å². The van der Waals surface area contributed by atoms with Crippen molar-refractivity contribution in [1.29, 1.82) is 0 Å². The van der Waals surface area contributed by atoms with Crippen LogP contribution in [0.2, 0.25) is 15.2 Å². The van der Waals surface area contributed by atoms with E-state index < -0.39 is 5.91 Å². The number of carbonyl (C=O) groups excluding carboxylic acids is 1. The largest absolute Gasteiger partial charge is 0.396 e. The second kappa shape index (κ2) is 6.92. The standard InChI is InChI=1S/C16H12Cl3N5O/c1-24-7-8(9-4-2-3-5-10(9)24)6-21-23-16(25)14-11(17)13(20)12(18)15(19)22-14/h2-7H,1H3,(H2,20,22)(H,23,25)/b21-6+. The molecule has 0 spiro atoms. The maximum absolute atomic E-state index is 12.2. The molecule has 0 saturated heterocycles. The molecule has 0 aliphatic heterocycles. The molecule has 3 N–H and O–H groups in total. The van der Waals surface area contributed by atoms with Crippen molar-refractivity contribution in [3.05, 3.63) is 56.9 Å². The molecule has 2 heterocycles. The van der Waals surface area contributed by atoms with Crippen molar-refractivity contribution >= 4 is 63.5 Å². The summed E-state index contributed by atoms with van der Waals surface area (Å²) in [6, 6.07) is 7.85. The Kier molecular flexibility index (Phi) is 4.85. The molecule has 0 unspecified atom stereocenters. The van der Waals surface area contributed by atoms with E-state index in [1.165, 1.54) is 6.21 Å². The SMILES string of the molecule is Cn1cc(/C=N/NC(=O)c2nc(Cl)c(Cl)c(N)c2Cl)c2ccccc21. The van der Waals surface area contributed by atoms with Gasteiger partial charge < -0.3 is 10.3 Å². The van der Waals surface area contributed by atoms with Gasteiger partial charge in [0.15, 0.2) is 10.8 Å². The molecule has 3 rings (SSSR count). The van der Waals surface area contributed by atoms with Gasteiger partial charge in [0.05, 0.1) is 16.9 Å². The Labute approximate surface area is 158 Å². The van der Waals surface area contributed by atoms with Crippen molar-refractivity contribution in [2.24, 2.45) is 12.1 Å². The zero-order chi connectivity index (χ0) is 18.1. The number of carbonyl (C=O) groups is 1. The fourth-order valence-electron chi connectivity index (χ4n) is 2.37. The molecule has 1 amide bonds. The number of aromatic nitrogens is 2. The molecular formula is C16H12Cl3N5O. The molecule has 0 atom stereocenters. The number of fused-ring (bicyclic) bond motifs is 1. The number of benzene rings is 1. The van der Waals surface area contributed by atoms with Gasteiger partial charge in [0.2, 0.25) is 0 Å². The Hall–Kier alpha value is -2.28. The van der Waals surface area contributed by atoms with Gasteiger partial charge in [-0.3, -0.25) is 4.79 Å². The number of aryl methyl sites for hydroxylation is 1. The highest BCUT2D eigenvalue weighted by Gasteiger charge is 2.19. The molecule has 9 heteroatoms. The van der Waals surface area contributed by atoms with Gasteiger partial charge in [-0.2, -0.15) is 5.10 Å². The third kappa shape index (κ3) is 3.28. The summed E-state index contributed by atoms with van der Waals surface area (Å²) in [6.45, 7) is 0. The summed E-state index contributed by atoms with van der Waals surface area (Å²) < 4.78 is 1.97. The van der Waals surface area contributed by atoms with Crippen LogP contribution in [0.1, 0.15) is 16.1 Å². The molecule has 1 aromatic carbocycles. The molecule has 3 aromatic rings. The lowest BCUT2D eigenvalue weighted by Crippen LogP contribution is -2.20. The first-order valence-electron chi connectivity index (χ1n) is 7.07. The van der Waals surface area contributed by atoms with Gasteiger partial charge in [-0.05, 0) is 6.07 Å². The number of nitrogens with one attached hydrogen (secondary N) is 1. The van der Waals surface area contributed by atoms with Crippen LogP contribution in [-0.4, -0.2) is 21.7 Å². The Balaban J connectivity index is 1.84. The van der Waals surface area contributed by atoms with E-state index in [4.69, 9.17) is 40.5 Å². The zero-order valence-corrected chi connectivity index (χ0v) is 15.2. The summed E-state index contributed by atoms with van der Waals surface area (Å²) in [4.78, 5) is 16.1. The number of hydrogen-bond donors (Lipinski definition) is 2. The van der Waals surface area contributed by atoms with E-state index in [1.54, 1.807) is 0 Å². The number of para-hydroxylation sites is 1. The van der Waals surface area contributed by atoms with E-state index in [9.17, 15) is 4.79 Å². The van der Waals surface area contributed by atoms with E-state index >= 15 is 0 Å². The highest BCUT2D eigenvalue weighted by atomic mass is 35.5. The van der Waals surface area contributed by atoms with Gasteiger partial charge >= 0.3 is 0 Å². The van der Waals surface area contributed by atoms with Crippen molar-refractivity contribution in [3.63, 3.8) is 0 Å². The number of halogens is 3. The van der Waals surface area contributed by atoms with Crippen LogP contribution in [-0.2, 0) is 7.05 Å². The van der Waals surface area contributed by atoms with Gasteiger partial charge in [-0.25, -0.2) is 10.4 Å². The van der Waals surface area contributed by atoms with Crippen LogP contribution in [0, 0.1) is 0 Å². The number of amides is 1. The van der Waals surface area contributed by atoms with Crippen LogP contribution in [0.4, 0.5) is 5.69 Å². The molecule has 0 bridgehead atoms. The number of pyridine rings is 1. The average Bonchev–Trinajstić information content (AvgIpc) is 2.92. The molecule has 25 heavy (non-hydrogen) atoms.